The summed E-state index contributed by atoms with van der Waals surface area (Å²) >= 11 is 0. The Labute approximate surface area is 402 Å². The summed E-state index contributed by atoms with van der Waals surface area (Å²) in [6, 6.07) is 8.90. The van der Waals surface area contributed by atoms with Gasteiger partial charge in [-0.2, -0.15) is 0 Å². The lowest BCUT2D eigenvalue weighted by molar-refractivity contribution is -0.142. The highest BCUT2D eigenvalue weighted by Gasteiger charge is 2.37. The first-order valence-electron chi connectivity index (χ1n) is 23.5. The number of rotatable bonds is 26. The molecule has 7 amide bonds. The number of likely N-dealkylation sites (tertiary alicyclic amines) is 1. The molecule has 0 radical (unpaired) electrons. The van der Waals surface area contributed by atoms with Crippen LogP contribution in [0.25, 0.3) is 10.9 Å². The summed E-state index contributed by atoms with van der Waals surface area (Å²) < 4.78 is 0. The van der Waals surface area contributed by atoms with E-state index in [0.29, 0.717) is 12.0 Å². The lowest BCUT2D eigenvalue weighted by Crippen LogP contribution is -2.58. The molecule has 0 unspecified atom stereocenters. The number of hydrogen-bond donors (Lipinski definition) is 11. The van der Waals surface area contributed by atoms with E-state index in [9.17, 15) is 43.5 Å². The molecule has 1 aliphatic heterocycles. The number of para-hydroxylation sites is 1. The molecule has 376 valence electrons. The van der Waals surface area contributed by atoms with Gasteiger partial charge in [-0.1, -0.05) is 76.2 Å². The Kier molecular flexibility index (Phi) is 21.0. The fourth-order valence-corrected chi connectivity index (χ4v) is 8.08. The Morgan fingerprint density at radius 3 is 2.03 bits per heavy atom. The van der Waals surface area contributed by atoms with Gasteiger partial charge in [-0.15, -0.1) is 0 Å². The van der Waals surface area contributed by atoms with Crippen molar-refractivity contribution in [2.24, 2.45) is 34.0 Å². The molecule has 0 spiro atoms. The van der Waals surface area contributed by atoms with E-state index < -0.39 is 96.2 Å². The number of nitrogens with zero attached hydrogens (tertiary/aromatic N) is 2. The number of carboxylic acid groups (broad SMARTS) is 1. The third kappa shape index (κ3) is 17.2. The number of aromatic nitrogens is 1. The van der Waals surface area contributed by atoms with Gasteiger partial charge >= 0.3 is 5.97 Å². The molecule has 2 aromatic carbocycles. The van der Waals surface area contributed by atoms with Crippen molar-refractivity contribution in [3.63, 3.8) is 0 Å². The number of nitrogens with one attached hydrogen (secondary N) is 7. The summed E-state index contributed by atoms with van der Waals surface area (Å²) in [5.74, 6) is -6.01. The van der Waals surface area contributed by atoms with Gasteiger partial charge in [0.2, 0.25) is 41.4 Å². The molecule has 0 bridgehead atoms. The van der Waals surface area contributed by atoms with Crippen LogP contribution in [0.15, 0.2) is 65.8 Å². The number of carbonyl (C=O) groups is 8. The molecule has 7 atom stereocenters. The second kappa shape index (κ2) is 26.5. The molecule has 2 heterocycles. The van der Waals surface area contributed by atoms with Crippen LogP contribution in [0.2, 0.25) is 0 Å². The van der Waals surface area contributed by atoms with Gasteiger partial charge in [-0.3, -0.25) is 38.6 Å². The number of hydrogen-bond acceptors (Lipinski definition) is 10. The topological polar surface area (TPSA) is 338 Å². The van der Waals surface area contributed by atoms with E-state index in [1.54, 1.807) is 6.20 Å². The summed E-state index contributed by atoms with van der Waals surface area (Å²) in [7, 11) is 0. The summed E-state index contributed by atoms with van der Waals surface area (Å²) in [5, 5.41) is 26.4. The van der Waals surface area contributed by atoms with Crippen LogP contribution in [0, 0.1) is 11.8 Å². The van der Waals surface area contributed by atoms with Crippen LogP contribution in [-0.4, -0.2) is 130 Å². The number of guanidine groups is 1. The maximum atomic E-state index is 14.1. The standard InChI is InChI=1S/C48H70N12O9/c1-27(2)21-36(57-42(63)33(49)23-30-13-7-6-8-14-30)45(66)58-37(24-31-25-53-34-16-10-9-15-32(31)34)43(64)54-26-40(61)60-20-12-18-39(60)46(67)56-35(17-11-19-52-48(50)51)44(65)55-29(5)41(62)59-38(47(68)69)22-28(3)4/h6-10,13-16,25,27-29,33,35-39,53H,11-12,17-24,26,49H2,1-5H3,(H,54,64)(H,55,65)(H,56,67)(H,57,63)(H,58,66)(H,59,62)(H,68,69)(H4,50,51,52)/t29-,33-,35-,36-,37-,38-,39-/m0/s1. The Balaban J connectivity index is 1.46. The van der Waals surface area contributed by atoms with E-state index in [0.717, 1.165) is 16.5 Å². The van der Waals surface area contributed by atoms with E-state index in [1.165, 1.54) is 11.8 Å². The maximum Gasteiger partial charge on any atom is 0.326 e. The number of carboxylic acids is 1. The third-order valence-corrected chi connectivity index (χ3v) is 11.6. The van der Waals surface area contributed by atoms with E-state index in [4.69, 9.17) is 17.2 Å². The molecule has 0 aliphatic carbocycles. The number of benzene rings is 2. The molecule has 1 saturated heterocycles. The highest BCUT2D eigenvalue weighted by molar-refractivity contribution is 5.97. The van der Waals surface area contributed by atoms with E-state index in [-0.39, 0.29) is 75.8 Å². The molecule has 0 saturated carbocycles. The fraction of sp³-hybridized carbons (Fsp3) is 0.521. The predicted octanol–water partition coefficient (Wildman–Crippen LogP) is 0.0619. The molecular formula is C48H70N12O9. The van der Waals surface area contributed by atoms with E-state index in [1.807, 2.05) is 82.3 Å². The molecule has 1 aromatic heterocycles. The first-order chi connectivity index (χ1) is 32.7. The van der Waals surface area contributed by atoms with Gasteiger partial charge in [0.05, 0.1) is 12.6 Å². The number of aliphatic carboxylic acids is 1. The minimum Gasteiger partial charge on any atom is -0.480 e. The van der Waals surface area contributed by atoms with Gasteiger partial charge in [-0.05, 0) is 80.9 Å². The van der Waals surface area contributed by atoms with Crippen molar-refractivity contribution in [1.82, 2.24) is 41.8 Å². The zero-order valence-electron chi connectivity index (χ0n) is 40.1. The van der Waals surface area contributed by atoms with Gasteiger partial charge in [0.25, 0.3) is 0 Å². The summed E-state index contributed by atoms with van der Waals surface area (Å²) in [6.45, 7) is 8.55. The quantitative estimate of drug-likeness (QED) is 0.0289. The Morgan fingerprint density at radius 2 is 1.36 bits per heavy atom. The molecule has 21 nitrogen and oxygen atoms in total. The van der Waals surface area contributed by atoms with Crippen LogP contribution in [0.5, 0.6) is 0 Å². The summed E-state index contributed by atoms with van der Waals surface area (Å²) in [4.78, 5) is 116. The smallest absolute Gasteiger partial charge is 0.326 e. The largest absolute Gasteiger partial charge is 0.480 e. The lowest BCUT2D eigenvalue weighted by Gasteiger charge is -2.28. The highest BCUT2D eigenvalue weighted by atomic mass is 16.4. The average Bonchev–Trinajstić information content (AvgIpc) is 3.96. The van der Waals surface area contributed by atoms with E-state index in [2.05, 4.69) is 41.9 Å². The van der Waals surface area contributed by atoms with Crippen molar-refractivity contribution in [3.8, 4) is 0 Å². The van der Waals surface area contributed by atoms with Gasteiger partial charge in [0.1, 0.15) is 36.3 Å². The van der Waals surface area contributed by atoms with Crippen molar-refractivity contribution in [3.05, 3.63) is 71.9 Å². The molecule has 3 aromatic rings. The first kappa shape index (κ1) is 54.6. The number of carbonyl (C=O) groups excluding carboxylic acids is 7. The average molecular weight is 959 g/mol. The van der Waals surface area contributed by atoms with Crippen LogP contribution >= 0.6 is 0 Å². The van der Waals surface area contributed by atoms with Crippen LogP contribution in [0.3, 0.4) is 0 Å². The van der Waals surface area contributed by atoms with E-state index >= 15 is 0 Å². The molecule has 1 fully saturated rings. The second-order valence-corrected chi connectivity index (χ2v) is 18.3. The first-order valence-corrected chi connectivity index (χ1v) is 23.5. The number of amides is 7. The number of H-pyrrole nitrogens is 1. The van der Waals surface area contributed by atoms with Crippen molar-refractivity contribution < 1.29 is 43.5 Å². The van der Waals surface area contributed by atoms with Gasteiger partial charge < -0.3 is 64.1 Å². The molecule has 69 heavy (non-hydrogen) atoms. The van der Waals surface area contributed by atoms with Crippen LogP contribution in [0.1, 0.15) is 84.3 Å². The molecule has 21 heteroatoms. The number of fused-ring (bicyclic) bond motifs is 1. The normalized spacial score (nSPS) is 16.1. The van der Waals surface area contributed by atoms with Crippen molar-refractivity contribution >= 4 is 64.2 Å². The van der Waals surface area contributed by atoms with Crippen molar-refractivity contribution in [2.75, 3.05) is 19.6 Å². The monoisotopic (exact) mass is 959 g/mol. The number of aliphatic imine (C=N–C) groups is 1. The Bertz CT molecular complexity index is 2280. The minimum atomic E-state index is -1.22. The number of nitrogens with two attached hydrogens (primary N) is 3. The van der Waals surface area contributed by atoms with Crippen LogP contribution < -0.4 is 49.1 Å². The highest BCUT2D eigenvalue weighted by Crippen LogP contribution is 2.21. The molecule has 1 aliphatic rings. The third-order valence-electron chi connectivity index (χ3n) is 11.6. The molecular weight excluding hydrogens is 889 g/mol. The van der Waals surface area contributed by atoms with Crippen molar-refractivity contribution in [1.29, 1.82) is 0 Å². The molecule has 14 N–H and O–H groups in total. The SMILES string of the molecule is CC(C)C[C@H](NC(=O)[C@H](C)NC(=O)[C@H](CCCN=C(N)N)NC(=O)[C@@H]1CCCN1C(=O)CNC(=O)[C@H](Cc1c[nH]c2ccccc12)NC(=O)[C@H](CC(C)C)NC(=O)[C@@H](N)Cc1ccccc1)C(=O)O. The van der Waals surface area contributed by atoms with Crippen molar-refractivity contribution in [2.45, 2.75) is 128 Å². The van der Waals surface area contributed by atoms with Crippen LogP contribution in [0.4, 0.5) is 0 Å². The maximum absolute atomic E-state index is 14.1. The lowest BCUT2D eigenvalue weighted by atomic mass is 10.00. The zero-order chi connectivity index (χ0) is 50.8. The van der Waals surface area contributed by atoms with Gasteiger partial charge in [-0.25, -0.2) is 4.79 Å². The van der Waals surface area contributed by atoms with Gasteiger partial charge in [0.15, 0.2) is 5.96 Å². The minimum absolute atomic E-state index is 0.0192. The zero-order valence-corrected chi connectivity index (χ0v) is 40.1. The number of aromatic amines is 1. The van der Waals surface area contributed by atoms with Gasteiger partial charge in [0, 0.05) is 36.6 Å². The second-order valence-electron chi connectivity index (χ2n) is 18.3. The summed E-state index contributed by atoms with van der Waals surface area (Å²) in [6.07, 6.45) is 3.37. The predicted molar refractivity (Wildman–Crippen MR) is 260 cm³/mol. The Hall–Kier alpha value is -7.03. The fourth-order valence-electron chi connectivity index (χ4n) is 8.08. The summed E-state index contributed by atoms with van der Waals surface area (Å²) in [5.41, 5.74) is 19.6. The Morgan fingerprint density at radius 1 is 0.739 bits per heavy atom. The molecule has 4 rings (SSSR count). The van der Waals surface area contributed by atoms with Crippen LogP contribution in [-0.2, 0) is 51.2 Å².